The maximum absolute atomic E-state index is 12.2. The molecule has 2 rings (SSSR count). The number of likely N-dealkylation sites (tertiary alicyclic amines) is 1. The third-order valence-corrected chi connectivity index (χ3v) is 4.54. The molecule has 6 nitrogen and oxygen atoms in total. The Morgan fingerprint density at radius 3 is 2.50 bits per heavy atom. The Bertz CT molecular complexity index is 368. The van der Waals surface area contributed by atoms with Crippen molar-refractivity contribution >= 4 is 12.0 Å². The number of ether oxygens (including phenoxy) is 1. The lowest BCUT2D eigenvalue weighted by Crippen LogP contribution is -2.46. The highest BCUT2D eigenvalue weighted by atomic mass is 16.5. The van der Waals surface area contributed by atoms with E-state index in [1.165, 1.54) is 0 Å². The smallest absolute Gasteiger partial charge is 0.317 e. The lowest BCUT2D eigenvalue weighted by atomic mass is 9.93. The summed E-state index contributed by atoms with van der Waals surface area (Å²) in [5.41, 5.74) is 0. The van der Waals surface area contributed by atoms with Crippen LogP contribution in [-0.2, 0) is 9.53 Å². The van der Waals surface area contributed by atoms with Crippen molar-refractivity contribution < 1.29 is 19.4 Å². The van der Waals surface area contributed by atoms with Crippen molar-refractivity contribution in [3.63, 3.8) is 0 Å². The SMILES string of the molecule is CC(NC(=O)N1C[C@@H](C)[C@H](C(=O)O)C1)C1CCOCC1. The standard InChI is InChI=1S/C14H24N2O4/c1-9-7-16(8-12(9)13(17)18)14(19)15-10(2)11-3-5-20-6-4-11/h9-12H,3-8H2,1-2H3,(H,15,19)(H,17,18)/t9-,10?,12-/m1/s1. The molecular formula is C14H24N2O4. The highest BCUT2D eigenvalue weighted by Gasteiger charge is 2.37. The Morgan fingerprint density at radius 1 is 1.30 bits per heavy atom. The number of urea groups is 1. The van der Waals surface area contributed by atoms with E-state index in [2.05, 4.69) is 5.32 Å². The van der Waals surface area contributed by atoms with Crippen molar-refractivity contribution in [1.82, 2.24) is 10.2 Å². The maximum Gasteiger partial charge on any atom is 0.317 e. The molecule has 2 amide bonds. The highest BCUT2D eigenvalue weighted by Crippen LogP contribution is 2.24. The van der Waals surface area contributed by atoms with Crippen LogP contribution in [0.4, 0.5) is 4.79 Å². The first-order valence-electron chi connectivity index (χ1n) is 7.35. The van der Waals surface area contributed by atoms with Gasteiger partial charge in [-0.3, -0.25) is 4.79 Å². The summed E-state index contributed by atoms with van der Waals surface area (Å²) in [5, 5.41) is 12.1. The van der Waals surface area contributed by atoms with Gasteiger partial charge in [-0.2, -0.15) is 0 Å². The number of carbonyl (C=O) groups excluding carboxylic acids is 1. The molecule has 20 heavy (non-hydrogen) atoms. The van der Waals surface area contributed by atoms with Crippen molar-refractivity contribution in [2.24, 2.45) is 17.8 Å². The molecule has 3 atom stereocenters. The Balaban J connectivity index is 1.84. The van der Waals surface area contributed by atoms with Crippen LogP contribution in [0.25, 0.3) is 0 Å². The second kappa shape index (κ2) is 6.43. The highest BCUT2D eigenvalue weighted by molar-refractivity contribution is 5.77. The minimum absolute atomic E-state index is 0.0108. The Kier molecular flexibility index (Phi) is 4.86. The van der Waals surface area contributed by atoms with E-state index >= 15 is 0 Å². The lowest BCUT2D eigenvalue weighted by molar-refractivity contribution is -0.142. The van der Waals surface area contributed by atoms with Gasteiger partial charge in [0.1, 0.15) is 0 Å². The van der Waals surface area contributed by atoms with Crippen LogP contribution in [0.3, 0.4) is 0 Å². The van der Waals surface area contributed by atoms with Gasteiger partial charge >= 0.3 is 12.0 Å². The van der Waals surface area contributed by atoms with E-state index < -0.39 is 11.9 Å². The summed E-state index contributed by atoms with van der Waals surface area (Å²) >= 11 is 0. The van der Waals surface area contributed by atoms with Gasteiger partial charge in [-0.15, -0.1) is 0 Å². The van der Waals surface area contributed by atoms with E-state index in [-0.39, 0.29) is 18.0 Å². The number of hydrogen-bond acceptors (Lipinski definition) is 3. The van der Waals surface area contributed by atoms with Crippen molar-refractivity contribution in [2.75, 3.05) is 26.3 Å². The number of hydrogen-bond donors (Lipinski definition) is 2. The van der Waals surface area contributed by atoms with Gasteiger partial charge in [0.15, 0.2) is 0 Å². The minimum Gasteiger partial charge on any atom is -0.481 e. The van der Waals surface area contributed by atoms with Crippen molar-refractivity contribution in [1.29, 1.82) is 0 Å². The van der Waals surface area contributed by atoms with Gasteiger partial charge in [-0.05, 0) is 31.6 Å². The molecule has 2 saturated heterocycles. The molecule has 0 bridgehead atoms. The number of amides is 2. The largest absolute Gasteiger partial charge is 0.481 e. The quantitative estimate of drug-likeness (QED) is 0.815. The van der Waals surface area contributed by atoms with E-state index in [4.69, 9.17) is 9.84 Å². The Morgan fingerprint density at radius 2 is 1.95 bits per heavy atom. The first-order chi connectivity index (χ1) is 9.49. The van der Waals surface area contributed by atoms with Crippen LogP contribution in [0.2, 0.25) is 0 Å². The fraction of sp³-hybridized carbons (Fsp3) is 0.857. The van der Waals surface area contributed by atoms with Gasteiger partial charge in [0.2, 0.25) is 0 Å². The molecule has 2 aliphatic heterocycles. The van der Waals surface area contributed by atoms with Gasteiger partial charge in [-0.25, -0.2) is 4.79 Å². The normalized spacial score (nSPS) is 29.2. The number of carbonyl (C=O) groups is 2. The topological polar surface area (TPSA) is 78.9 Å². The second-order valence-corrected chi connectivity index (χ2v) is 6.01. The molecule has 0 aliphatic carbocycles. The van der Waals surface area contributed by atoms with Gasteiger partial charge in [0, 0.05) is 32.3 Å². The third kappa shape index (κ3) is 3.42. The molecule has 0 radical (unpaired) electrons. The van der Waals surface area contributed by atoms with Gasteiger partial charge in [0.05, 0.1) is 5.92 Å². The van der Waals surface area contributed by atoms with Gasteiger partial charge in [-0.1, -0.05) is 6.92 Å². The second-order valence-electron chi connectivity index (χ2n) is 6.01. The predicted molar refractivity (Wildman–Crippen MR) is 73.4 cm³/mol. The molecule has 114 valence electrons. The summed E-state index contributed by atoms with van der Waals surface area (Å²) in [6, 6.07) is -0.0369. The number of rotatable bonds is 3. The number of carboxylic acid groups (broad SMARTS) is 1. The fourth-order valence-electron chi connectivity index (χ4n) is 3.07. The van der Waals surface area contributed by atoms with Crippen LogP contribution in [0.1, 0.15) is 26.7 Å². The van der Waals surface area contributed by atoms with Gasteiger partial charge in [0.25, 0.3) is 0 Å². The average molecular weight is 284 g/mol. The number of nitrogens with one attached hydrogen (secondary N) is 1. The Hall–Kier alpha value is -1.30. The molecule has 0 aromatic rings. The zero-order chi connectivity index (χ0) is 14.7. The van der Waals surface area contributed by atoms with E-state index in [0.29, 0.717) is 19.0 Å². The first-order valence-corrected chi connectivity index (χ1v) is 7.35. The number of carboxylic acids is 1. The molecule has 1 unspecified atom stereocenters. The van der Waals surface area contributed by atoms with E-state index in [9.17, 15) is 9.59 Å². The molecule has 2 aliphatic rings. The number of aliphatic carboxylic acids is 1. The Labute approximate surface area is 119 Å². The number of nitrogens with zero attached hydrogens (tertiary/aromatic N) is 1. The summed E-state index contributed by atoms with van der Waals surface area (Å²) in [4.78, 5) is 24.9. The molecule has 6 heteroatoms. The van der Waals surface area contributed by atoms with Crippen molar-refractivity contribution in [3.05, 3.63) is 0 Å². The molecule has 0 aromatic carbocycles. The van der Waals surface area contributed by atoms with Crippen LogP contribution in [-0.4, -0.2) is 54.4 Å². The molecule has 2 heterocycles. The van der Waals surface area contributed by atoms with Crippen molar-refractivity contribution in [3.8, 4) is 0 Å². The molecule has 0 spiro atoms. The molecular weight excluding hydrogens is 260 g/mol. The van der Waals surface area contributed by atoms with Crippen LogP contribution < -0.4 is 5.32 Å². The molecule has 0 aromatic heterocycles. The minimum atomic E-state index is -0.815. The lowest BCUT2D eigenvalue weighted by Gasteiger charge is -2.30. The van der Waals surface area contributed by atoms with E-state index in [0.717, 1.165) is 26.1 Å². The summed E-state index contributed by atoms with van der Waals surface area (Å²) in [6.45, 7) is 6.24. The van der Waals surface area contributed by atoms with Crippen LogP contribution in [0.5, 0.6) is 0 Å². The predicted octanol–water partition coefficient (Wildman–Crippen LogP) is 1.16. The van der Waals surface area contributed by atoms with Crippen LogP contribution in [0, 0.1) is 17.8 Å². The average Bonchev–Trinajstić information content (AvgIpc) is 2.82. The maximum atomic E-state index is 12.2. The summed E-state index contributed by atoms with van der Waals surface area (Å²) in [6.07, 6.45) is 1.94. The van der Waals surface area contributed by atoms with E-state index in [1.807, 2.05) is 13.8 Å². The zero-order valence-electron chi connectivity index (χ0n) is 12.2. The summed E-state index contributed by atoms with van der Waals surface area (Å²) in [5.74, 6) is -0.802. The van der Waals surface area contributed by atoms with Crippen LogP contribution in [0.15, 0.2) is 0 Å². The summed E-state index contributed by atoms with van der Waals surface area (Å²) < 4.78 is 5.32. The van der Waals surface area contributed by atoms with Crippen LogP contribution >= 0.6 is 0 Å². The monoisotopic (exact) mass is 284 g/mol. The van der Waals surface area contributed by atoms with Gasteiger partial charge < -0.3 is 20.1 Å². The third-order valence-electron chi connectivity index (χ3n) is 4.54. The first kappa shape index (κ1) is 15.1. The summed E-state index contributed by atoms with van der Waals surface area (Å²) in [7, 11) is 0. The zero-order valence-corrected chi connectivity index (χ0v) is 12.2. The molecule has 0 saturated carbocycles. The van der Waals surface area contributed by atoms with Crippen molar-refractivity contribution in [2.45, 2.75) is 32.7 Å². The van der Waals surface area contributed by atoms with E-state index in [1.54, 1.807) is 4.90 Å². The molecule has 2 fully saturated rings. The molecule has 2 N–H and O–H groups in total. The fourth-order valence-corrected chi connectivity index (χ4v) is 3.07.